The normalized spacial score (nSPS) is 12.9. The summed E-state index contributed by atoms with van der Waals surface area (Å²) in [4.78, 5) is 11.0. The molecule has 7 heteroatoms. The van der Waals surface area contributed by atoms with Gasteiger partial charge in [0.2, 0.25) is 0 Å². The minimum absolute atomic E-state index is 0.0730. The van der Waals surface area contributed by atoms with Crippen molar-refractivity contribution in [3.63, 3.8) is 0 Å². The van der Waals surface area contributed by atoms with Crippen molar-refractivity contribution in [2.24, 2.45) is 0 Å². The molecule has 0 aromatic heterocycles. The highest BCUT2D eigenvalue weighted by Gasteiger charge is 2.17. The maximum atomic E-state index is 11.4. The SMILES string of the molecule is CCNC(COc1cccc(S(C)(=O)=O)c1)C(=O)O. The first-order valence-electron chi connectivity index (χ1n) is 5.73. The topological polar surface area (TPSA) is 92.7 Å². The van der Waals surface area contributed by atoms with Gasteiger partial charge in [0.25, 0.3) is 0 Å². The number of carboxylic acid groups (broad SMARTS) is 1. The Morgan fingerprint density at radius 1 is 1.47 bits per heavy atom. The summed E-state index contributed by atoms with van der Waals surface area (Å²) >= 11 is 0. The van der Waals surface area contributed by atoms with Crippen LogP contribution in [0.25, 0.3) is 0 Å². The number of rotatable bonds is 7. The molecule has 0 fully saturated rings. The molecule has 0 saturated heterocycles. The van der Waals surface area contributed by atoms with Crippen LogP contribution in [0, 0.1) is 0 Å². The summed E-state index contributed by atoms with van der Waals surface area (Å²) in [5.41, 5.74) is 0. The Kier molecular flexibility index (Phi) is 5.31. The van der Waals surface area contributed by atoms with Gasteiger partial charge in [-0.3, -0.25) is 4.79 Å². The van der Waals surface area contributed by atoms with E-state index in [-0.39, 0.29) is 11.5 Å². The zero-order valence-electron chi connectivity index (χ0n) is 10.8. The molecule has 0 aliphatic heterocycles. The number of carboxylic acids is 1. The lowest BCUT2D eigenvalue weighted by Gasteiger charge is -2.14. The fourth-order valence-electron chi connectivity index (χ4n) is 1.44. The van der Waals surface area contributed by atoms with E-state index in [4.69, 9.17) is 9.84 Å². The van der Waals surface area contributed by atoms with Gasteiger partial charge in [-0.2, -0.15) is 0 Å². The highest BCUT2D eigenvalue weighted by atomic mass is 32.2. The van der Waals surface area contributed by atoms with Crippen LogP contribution >= 0.6 is 0 Å². The van der Waals surface area contributed by atoms with Crippen molar-refractivity contribution in [2.75, 3.05) is 19.4 Å². The fourth-order valence-corrected chi connectivity index (χ4v) is 2.09. The Balaban J connectivity index is 2.75. The molecule has 0 aliphatic carbocycles. The molecule has 0 spiro atoms. The van der Waals surface area contributed by atoms with E-state index in [1.54, 1.807) is 19.1 Å². The molecule has 1 atom stereocenters. The Labute approximate surface area is 112 Å². The summed E-state index contributed by atoms with van der Waals surface area (Å²) in [5, 5.41) is 11.7. The number of hydrogen-bond donors (Lipinski definition) is 2. The van der Waals surface area contributed by atoms with E-state index < -0.39 is 21.8 Å². The number of nitrogens with one attached hydrogen (secondary N) is 1. The second-order valence-corrected chi connectivity index (χ2v) is 6.02. The first kappa shape index (κ1) is 15.5. The van der Waals surface area contributed by atoms with Crippen LogP contribution in [0.15, 0.2) is 29.2 Å². The molecule has 19 heavy (non-hydrogen) atoms. The van der Waals surface area contributed by atoms with Gasteiger partial charge in [0, 0.05) is 6.26 Å². The lowest BCUT2D eigenvalue weighted by molar-refractivity contribution is -0.140. The smallest absolute Gasteiger partial charge is 0.324 e. The van der Waals surface area contributed by atoms with Crippen LogP contribution in [0.2, 0.25) is 0 Å². The molecule has 0 amide bonds. The number of aliphatic carboxylic acids is 1. The van der Waals surface area contributed by atoms with E-state index in [1.807, 2.05) is 0 Å². The maximum Gasteiger partial charge on any atom is 0.324 e. The van der Waals surface area contributed by atoms with Crippen LogP contribution in [-0.2, 0) is 14.6 Å². The maximum absolute atomic E-state index is 11.4. The lowest BCUT2D eigenvalue weighted by atomic mass is 10.3. The zero-order valence-corrected chi connectivity index (χ0v) is 11.6. The Bertz CT molecular complexity index is 541. The summed E-state index contributed by atoms with van der Waals surface area (Å²) in [6.45, 7) is 2.22. The van der Waals surface area contributed by atoms with Crippen molar-refractivity contribution in [1.82, 2.24) is 5.32 Å². The minimum Gasteiger partial charge on any atom is -0.491 e. The van der Waals surface area contributed by atoms with Crippen molar-refractivity contribution in [3.05, 3.63) is 24.3 Å². The van der Waals surface area contributed by atoms with Crippen LogP contribution in [0.4, 0.5) is 0 Å². The lowest BCUT2D eigenvalue weighted by Crippen LogP contribution is -2.41. The standard InChI is InChI=1S/C12H17NO5S/c1-3-13-11(12(14)15)8-18-9-5-4-6-10(7-9)19(2,16)17/h4-7,11,13H,3,8H2,1-2H3,(H,14,15). The van der Waals surface area contributed by atoms with Gasteiger partial charge in [-0.15, -0.1) is 0 Å². The summed E-state index contributed by atoms with van der Waals surface area (Å²) in [6, 6.07) is 5.14. The second-order valence-electron chi connectivity index (χ2n) is 4.01. The van der Waals surface area contributed by atoms with Gasteiger partial charge in [-0.05, 0) is 24.7 Å². The van der Waals surface area contributed by atoms with Gasteiger partial charge in [-0.1, -0.05) is 13.0 Å². The van der Waals surface area contributed by atoms with E-state index in [2.05, 4.69) is 5.32 Å². The van der Waals surface area contributed by atoms with E-state index in [9.17, 15) is 13.2 Å². The molecule has 1 aromatic rings. The summed E-state index contributed by atoms with van der Waals surface area (Å²) in [7, 11) is -3.30. The van der Waals surface area contributed by atoms with Crippen molar-refractivity contribution in [2.45, 2.75) is 17.9 Å². The number of hydrogen-bond acceptors (Lipinski definition) is 5. The Morgan fingerprint density at radius 3 is 2.68 bits per heavy atom. The van der Waals surface area contributed by atoms with Gasteiger partial charge in [-0.25, -0.2) is 8.42 Å². The molecule has 2 N–H and O–H groups in total. The van der Waals surface area contributed by atoms with E-state index in [1.165, 1.54) is 12.1 Å². The van der Waals surface area contributed by atoms with Crippen molar-refractivity contribution < 1.29 is 23.1 Å². The van der Waals surface area contributed by atoms with Gasteiger partial charge in [0.1, 0.15) is 18.4 Å². The predicted octanol–water partition coefficient (Wildman–Crippen LogP) is 0.532. The molecular weight excluding hydrogens is 270 g/mol. The van der Waals surface area contributed by atoms with Crippen LogP contribution in [0.5, 0.6) is 5.75 Å². The van der Waals surface area contributed by atoms with Crippen molar-refractivity contribution >= 4 is 15.8 Å². The molecular formula is C12H17NO5S. The van der Waals surface area contributed by atoms with Gasteiger partial charge < -0.3 is 15.2 Å². The Morgan fingerprint density at radius 2 is 2.16 bits per heavy atom. The zero-order chi connectivity index (χ0) is 14.5. The van der Waals surface area contributed by atoms with Gasteiger partial charge >= 0.3 is 5.97 Å². The fraction of sp³-hybridized carbons (Fsp3) is 0.417. The molecule has 0 heterocycles. The monoisotopic (exact) mass is 287 g/mol. The summed E-state index contributed by atoms with van der Waals surface area (Å²) in [6.07, 6.45) is 1.10. The number of likely N-dealkylation sites (N-methyl/N-ethyl adjacent to an activating group) is 1. The highest BCUT2D eigenvalue weighted by Crippen LogP contribution is 2.17. The molecule has 0 radical (unpaired) electrons. The number of ether oxygens (including phenoxy) is 1. The minimum atomic E-state index is -3.30. The average Bonchev–Trinajstić information content (AvgIpc) is 2.33. The summed E-state index contributed by atoms with van der Waals surface area (Å²) in [5.74, 6) is -0.687. The largest absolute Gasteiger partial charge is 0.491 e. The molecule has 1 aromatic carbocycles. The van der Waals surface area contributed by atoms with Crippen molar-refractivity contribution in [1.29, 1.82) is 0 Å². The third-order valence-corrected chi connectivity index (χ3v) is 3.51. The Hall–Kier alpha value is -1.60. The average molecular weight is 287 g/mol. The second kappa shape index (κ2) is 6.53. The number of benzene rings is 1. The number of carbonyl (C=O) groups is 1. The highest BCUT2D eigenvalue weighted by molar-refractivity contribution is 7.90. The molecule has 6 nitrogen and oxygen atoms in total. The molecule has 1 rings (SSSR count). The molecule has 0 bridgehead atoms. The first-order chi connectivity index (χ1) is 8.84. The molecule has 0 saturated carbocycles. The number of sulfone groups is 1. The third kappa shape index (κ3) is 4.88. The van der Waals surface area contributed by atoms with E-state index >= 15 is 0 Å². The summed E-state index contributed by atoms with van der Waals surface area (Å²) < 4.78 is 28.1. The van der Waals surface area contributed by atoms with Gasteiger partial charge in [0.05, 0.1) is 4.90 Å². The van der Waals surface area contributed by atoms with Crippen molar-refractivity contribution in [3.8, 4) is 5.75 Å². The van der Waals surface area contributed by atoms with Crippen LogP contribution < -0.4 is 10.1 Å². The molecule has 1 unspecified atom stereocenters. The quantitative estimate of drug-likeness (QED) is 0.760. The van der Waals surface area contributed by atoms with E-state index in [0.29, 0.717) is 12.3 Å². The van der Waals surface area contributed by atoms with Gasteiger partial charge in [0.15, 0.2) is 9.84 Å². The predicted molar refractivity (Wildman–Crippen MR) is 70.1 cm³/mol. The first-order valence-corrected chi connectivity index (χ1v) is 7.63. The van der Waals surface area contributed by atoms with E-state index in [0.717, 1.165) is 6.26 Å². The van der Waals surface area contributed by atoms with Crippen LogP contribution in [0.3, 0.4) is 0 Å². The van der Waals surface area contributed by atoms with Crippen LogP contribution in [-0.4, -0.2) is 44.9 Å². The molecule has 0 aliphatic rings. The third-order valence-electron chi connectivity index (χ3n) is 2.40. The molecule has 106 valence electrons. The van der Waals surface area contributed by atoms with Crippen LogP contribution in [0.1, 0.15) is 6.92 Å².